The number of imidazole rings is 1. The number of carbonyl (C=O) groups excluding carboxylic acids is 1. The molecule has 188 valence electrons. The van der Waals surface area contributed by atoms with Gasteiger partial charge < -0.3 is 28.8 Å². The SMILES string of the molecule is COc1ccc(C(=O)NC(C)c2nc3ccccc3n2CCCOc2ccccc2OC)cc1OC. The van der Waals surface area contributed by atoms with Crippen LogP contribution in [0, 0.1) is 0 Å². The second-order valence-corrected chi connectivity index (χ2v) is 8.23. The molecule has 1 heterocycles. The first-order valence-corrected chi connectivity index (χ1v) is 11.8. The van der Waals surface area contributed by atoms with Gasteiger partial charge in [-0.1, -0.05) is 24.3 Å². The molecular formula is C28H31N3O5. The van der Waals surface area contributed by atoms with Gasteiger partial charge in [0.1, 0.15) is 5.82 Å². The first kappa shape index (κ1) is 24.9. The molecule has 1 amide bonds. The minimum atomic E-state index is -0.326. The summed E-state index contributed by atoms with van der Waals surface area (Å²) in [5.74, 6) is 3.05. The van der Waals surface area contributed by atoms with Gasteiger partial charge in [0.2, 0.25) is 0 Å². The molecule has 8 nitrogen and oxygen atoms in total. The Hall–Kier alpha value is -4.20. The van der Waals surface area contributed by atoms with Crippen LogP contribution in [0.5, 0.6) is 23.0 Å². The summed E-state index contributed by atoms with van der Waals surface area (Å²) in [5.41, 5.74) is 2.37. The zero-order valence-corrected chi connectivity index (χ0v) is 21.0. The van der Waals surface area contributed by atoms with E-state index in [-0.39, 0.29) is 11.9 Å². The zero-order valence-electron chi connectivity index (χ0n) is 21.0. The minimum Gasteiger partial charge on any atom is -0.493 e. The van der Waals surface area contributed by atoms with Crippen LogP contribution < -0.4 is 24.3 Å². The van der Waals surface area contributed by atoms with Crippen molar-refractivity contribution >= 4 is 16.9 Å². The molecule has 4 rings (SSSR count). The molecule has 4 aromatic rings. The van der Waals surface area contributed by atoms with Gasteiger partial charge in [0.05, 0.1) is 45.0 Å². The molecule has 0 bridgehead atoms. The van der Waals surface area contributed by atoms with E-state index >= 15 is 0 Å². The summed E-state index contributed by atoms with van der Waals surface area (Å²) in [6, 6.07) is 20.3. The van der Waals surface area contributed by atoms with Crippen molar-refractivity contribution in [2.75, 3.05) is 27.9 Å². The molecule has 0 aliphatic carbocycles. The van der Waals surface area contributed by atoms with Crippen LogP contribution in [0.25, 0.3) is 11.0 Å². The topological polar surface area (TPSA) is 83.8 Å². The Morgan fingerprint density at radius 2 is 1.56 bits per heavy atom. The molecule has 1 aromatic heterocycles. The average molecular weight is 490 g/mol. The molecule has 1 unspecified atom stereocenters. The monoisotopic (exact) mass is 489 g/mol. The summed E-state index contributed by atoms with van der Waals surface area (Å²) in [6.07, 6.45) is 0.752. The third-order valence-electron chi connectivity index (χ3n) is 5.92. The Kier molecular flexibility index (Phi) is 7.95. The average Bonchev–Trinajstić information content (AvgIpc) is 3.29. The summed E-state index contributed by atoms with van der Waals surface area (Å²) in [4.78, 5) is 17.9. The molecule has 1 atom stereocenters. The van der Waals surface area contributed by atoms with Gasteiger partial charge >= 0.3 is 0 Å². The highest BCUT2D eigenvalue weighted by molar-refractivity contribution is 5.95. The van der Waals surface area contributed by atoms with E-state index in [0.717, 1.165) is 23.3 Å². The molecule has 0 radical (unpaired) electrons. The summed E-state index contributed by atoms with van der Waals surface area (Å²) in [7, 11) is 4.73. The predicted octanol–water partition coefficient (Wildman–Crippen LogP) is 5.02. The number of nitrogens with one attached hydrogen (secondary N) is 1. The normalized spacial score (nSPS) is 11.7. The lowest BCUT2D eigenvalue weighted by molar-refractivity contribution is 0.0937. The molecule has 0 spiro atoms. The van der Waals surface area contributed by atoms with Crippen LogP contribution in [0.4, 0.5) is 0 Å². The lowest BCUT2D eigenvalue weighted by atomic mass is 10.1. The Morgan fingerprint density at radius 1 is 0.889 bits per heavy atom. The summed E-state index contributed by atoms with van der Waals surface area (Å²) < 4.78 is 24.1. The first-order chi connectivity index (χ1) is 17.5. The molecular weight excluding hydrogens is 458 g/mol. The molecule has 0 saturated heterocycles. The van der Waals surface area contributed by atoms with E-state index in [1.807, 2.05) is 55.5 Å². The fraction of sp³-hybridized carbons (Fsp3) is 0.286. The third-order valence-corrected chi connectivity index (χ3v) is 5.92. The number of aromatic nitrogens is 2. The molecule has 3 aromatic carbocycles. The Morgan fingerprint density at radius 3 is 2.31 bits per heavy atom. The summed E-state index contributed by atoms with van der Waals surface area (Å²) in [6.45, 7) is 3.13. The van der Waals surface area contributed by atoms with Crippen molar-refractivity contribution in [3.63, 3.8) is 0 Å². The number of aryl methyl sites for hydroxylation is 1. The maximum Gasteiger partial charge on any atom is 0.251 e. The van der Waals surface area contributed by atoms with E-state index in [0.29, 0.717) is 41.7 Å². The maximum atomic E-state index is 13.0. The number of hydrogen-bond donors (Lipinski definition) is 1. The second kappa shape index (κ2) is 11.5. The van der Waals surface area contributed by atoms with Crippen LogP contribution in [-0.2, 0) is 6.54 Å². The summed E-state index contributed by atoms with van der Waals surface area (Å²) in [5, 5.41) is 3.07. The zero-order chi connectivity index (χ0) is 25.5. The fourth-order valence-electron chi connectivity index (χ4n) is 4.12. The molecule has 0 aliphatic rings. The van der Waals surface area contributed by atoms with Gasteiger partial charge in [-0.25, -0.2) is 4.98 Å². The van der Waals surface area contributed by atoms with Gasteiger partial charge in [0.25, 0.3) is 5.91 Å². The Labute approximate surface area is 210 Å². The smallest absolute Gasteiger partial charge is 0.251 e. The van der Waals surface area contributed by atoms with Gasteiger partial charge in [-0.15, -0.1) is 0 Å². The first-order valence-electron chi connectivity index (χ1n) is 11.8. The number of carbonyl (C=O) groups is 1. The highest BCUT2D eigenvalue weighted by Gasteiger charge is 2.20. The number of para-hydroxylation sites is 4. The van der Waals surface area contributed by atoms with E-state index in [9.17, 15) is 4.79 Å². The van der Waals surface area contributed by atoms with Crippen LogP contribution in [0.1, 0.15) is 35.6 Å². The van der Waals surface area contributed by atoms with Gasteiger partial charge in [-0.05, 0) is 55.8 Å². The van der Waals surface area contributed by atoms with Crippen molar-refractivity contribution in [1.29, 1.82) is 0 Å². The van der Waals surface area contributed by atoms with Crippen molar-refractivity contribution < 1.29 is 23.7 Å². The number of fused-ring (bicyclic) bond motifs is 1. The van der Waals surface area contributed by atoms with Crippen molar-refractivity contribution in [3.05, 3.63) is 78.1 Å². The van der Waals surface area contributed by atoms with Crippen molar-refractivity contribution in [1.82, 2.24) is 14.9 Å². The number of ether oxygens (including phenoxy) is 4. The molecule has 0 aliphatic heterocycles. The number of nitrogens with zero attached hydrogens (tertiary/aromatic N) is 2. The van der Waals surface area contributed by atoms with E-state index in [4.69, 9.17) is 23.9 Å². The molecule has 0 saturated carbocycles. The molecule has 36 heavy (non-hydrogen) atoms. The lowest BCUT2D eigenvalue weighted by Crippen LogP contribution is -2.29. The molecule has 8 heteroatoms. The van der Waals surface area contributed by atoms with E-state index in [1.54, 1.807) is 39.5 Å². The Balaban J connectivity index is 1.49. The van der Waals surface area contributed by atoms with Crippen LogP contribution >= 0.6 is 0 Å². The van der Waals surface area contributed by atoms with E-state index < -0.39 is 0 Å². The van der Waals surface area contributed by atoms with Crippen molar-refractivity contribution in [2.45, 2.75) is 25.9 Å². The number of benzene rings is 3. The molecule has 0 fully saturated rings. The second-order valence-electron chi connectivity index (χ2n) is 8.23. The predicted molar refractivity (Wildman–Crippen MR) is 138 cm³/mol. The van der Waals surface area contributed by atoms with Crippen LogP contribution in [0.3, 0.4) is 0 Å². The van der Waals surface area contributed by atoms with Gasteiger partial charge in [0.15, 0.2) is 23.0 Å². The largest absolute Gasteiger partial charge is 0.493 e. The van der Waals surface area contributed by atoms with Crippen LogP contribution in [-0.4, -0.2) is 43.4 Å². The van der Waals surface area contributed by atoms with Gasteiger partial charge in [-0.2, -0.15) is 0 Å². The number of methoxy groups -OCH3 is 3. The van der Waals surface area contributed by atoms with E-state index in [1.165, 1.54) is 0 Å². The standard InChI is InChI=1S/C28H31N3O5/c1-19(29-28(32)20-14-15-24(34-3)26(18-20)35-4)27-30-21-10-5-6-11-22(21)31(27)16-9-17-36-25-13-8-7-12-23(25)33-2/h5-8,10-15,18-19H,9,16-17H2,1-4H3,(H,29,32). The Bertz CT molecular complexity index is 1330. The van der Waals surface area contributed by atoms with Crippen LogP contribution in [0.2, 0.25) is 0 Å². The minimum absolute atomic E-state index is 0.221. The number of rotatable bonds is 11. The van der Waals surface area contributed by atoms with E-state index in [2.05, 4.69) is 9.88 Å². The maximum absolute atomic E-state index is 13.0. The van der Waals surface area contributed by atoms with Crippen LogP contribution in [0.15, 0.2) is 66.7 Å². The lowest BCUT2D eigenvalue weighted by Gasteiger charge is -2.17. The van der Waals surface area contributed by atoms with Crippen molar-refractivity contribution in [3.8, 4) is 23.0 Å². The summed E-state index contributed by atoms with van der Waals surface area (Å²) >= 11 is 0. The number of hydrogen-bond acceptors (Lipinski definition) is 6. The highest BCUT2D eigenvalue weighted by atomic mass is 16.5. The fourth-order valence-corrected chi connectivity index (χ4v) is 4.12. The van der Waals surface area contributed by atoms with Crippen molar-refractivity contribution in [2.24, 2.45) is 0 Å². The quantitative estimate of drug-likeness (QED) is 0.298. The van der Waals surface area contributed by atoms with Gasteiger partial charge in [0, 0.05) is 12.1 Å². The molecule has 1 N–H and O–H groups in total. The number of amides is 1. The third kappa shape index (κ3) is 5.38. The van der Waals surface area contributed by atoms with Gasteiger partial charge in [-0.3, -0.25) is 4.79 Å². The highest BCUT2D eigenvalue weighted by Crippen LogP contribution is 2.29.